The molecule has 0 aliphatic heterocycles. The van der Waals surface area contributed by atoms with E-state index in [4.69, 9.17) is 10.5 Å². The standard InChI is InChI=1S/C12H10F3N3O/c1-19-8-4-2-7(3-5-8)9-6-10(16)18-11(17-9)12(13,14)15/h2-6H,1H3,(H2,16,17,18). The highest BCUT2D eigenvalue weighted by Gasteiger charge is 2.35. The van der Waals surface area contributed by atoms with Crippen LogP contribution < -0.4 is 10.5 Å². The van der Waals surface area contributed by atoms with Gasteiger partial charge in [-0.05, 0) is 24.3 Å². The number of methoxy groups -OCH3 is 1. The van der Waals surface area contributed by atoms with Gasteiger partial charge in [0.1, 0.15) is 11.6 Å². The number of nitrogens with zero attached hydrogens (tertiary/aromatic N) is 2. The van der Waals surface area contributed by atoms with Gasteiger partial charge in [0.15, 0.2) is 0 Å². The Morgan fingerprint density at radius 2 is 1.74 bits per heavy atom. The second kappa shape index (κ2) is 4.75. The fourth-order valence-electron chi connectivity index (χ4n) is 1.50. The van der Waals surface area contributed by atoms with Crippen LogP contribution >= 0.6 is 0 Å². The highest BCUT2D eigenvalue weighted by Crippen LogP contribution is 2.29. The number of alkyl halides is 3. The smallest absolute Gasteiger partial charge is 0.451 e. The lowest BCUT2D eigenvalue weighted by molar-refractivity contribution is -0.144. The molecule has 1 heterocycles. The van der Waals surface area contributed by atoms with E-state index in [1.54, 1.807) is 24.3 Å². The van der Waals surface area contributed by atoms with E-state index in [9.17, 15) is 13.2 Å². The second-order valence-electron chi connectivity index (χ2n) is 3.73. The van der Waals surface area contributed by atoms with Crippen molar-refractivity contribution < 1.29 is 17.9 Å². The first kappa shape index (κ1) is 13.1. The van der Waals surface area contributed by atoms with Gasteiger partial charge in [-0.1, -0.05) is 0 Å². The minimum atomic E-state index is -4.63. The van der Waals surface area contributed by atoms with Crippen molar-refractivity contribution in [3.8, 4) is 17.0 Å². The van der Waals surface area contributed by atoms with Gasteiger partial charge in [0.25, 0.3) is 0 Å². The van der Waals surface area contributed by atoms with E-state index in [-0.39, 0.29) is 11.5 Å². The minimum absolute atomic E-state index is 0.113. The van der Waals surface area contributed by atoms with Crippen LogP contribution in [0.1, 0.15) is 5.82 Å². The van der Waals surface area contributed by atoms with Crippen LogP contribution in [0.5, 0.6) is 5.75 Å². The summed E-state index contributed by atoms with van der Waals surface area (Å²) in [5.74, 6) is -0.881. The molecule has 0 bridgehead atoms. The summed E-state index contributed by atoms with van der Waals surface area (Å²) in [4.78, 5) is 6.65. The number of anilines is 1. The zero-order valence-electron chi connectivity index (χ0n) is 9.90. The summed E-state index contributed by atoms with van der Waals surface area (Å²) in [6.07, 6.45) is -4.63. The van der Waals surface area contributed by atoms with Crippen LogP contribution in [0, 0.1) is 0 Å². The Bertz CT molecular complexity index is 582. The highest BCUT2D eigenvalue weighted by atomic mass is 19.4. The molecule has 0 saturated carbocycles. The van der Waals surface area contributed by atoms with Gasteiger partial charge in [0.05, 0.1) is 12.8 Å². The topological polar surface area (TPSA) is 61.0 Å². The Morgan fingerprint density at radius 1 is 1.11 bits per heavy atom. The third-order valence-electron chi connectivity index (χ3n) is 2.39. The number of rotatable bonds is 2. The first-order chi connectivity index (χ1) is 8.90. The molecular formula is C12H10F3N3O. The number of nitrogens with two attached hydrogens (primary N) is 1. The summed E-state index contributed by atoms with van der Waals surface area (Å²) >= 11 is 0. The van der Waals surface area contributed by atoms with E-state index >= 15 is 0 Å². The Kier molecular flexibility index (Phi) is 3.28. The van der Waals surface area contributed by atoms with Crippen LogP contribution in [0.15, 0.2) is 30.3 Å². The predicted octanol–water partition coefficient (Wildman–Crippen LogP) is 2.75. The molecule has 0 saturated heterocycles. The van der Waals surface area contributed by atoms with Gasteiger partial charge < -0.3 is 10.5 Å². The molecule has 1 aromatic carbocycles. The lowest BCUT2D eigenvalue weighted by Crippen LogP contribution is -2.13. The second-order valence-corrected chi connectivity index (χ2v) is 3.73. The molecular weight excluding hydrogens is 259 g/mol. The molecule has 19 heavy (non-hydrogen) atoms. The highest BCUT2D eigenvalue weighted by molar-refractivity contribution is 5.62. The van der Waals surface area contributed by atoms with Crippen molar-refractivity contribution in [2.75, 3.05) is 12.8 Å². The minimum Gasteiger partial charge on any atom is -0.497 e. The van der Waals surface area contributed by atoms with Crippen LogP contribution in [-0.4, -0.2) is 17.1 Å². The monoisotopic (exact) mass is 269 g/mol. The number of hydrogen-bond donors (Lipinski definition) is 1. The Labute approximate surface area is 107 Å². The average Bonchev–Trinajstić information content (AvgIpc) is 2.37. The van der Waals surface area contributed by atoms with Gasteiger partial charge in [0.2, 0.25) is 5.82 Å². The molecule has 0 unspecified atom stereocenters. The predicted molar refractivity (Wildman–Crippen MR) is 63.4 cm³/mol. The lowest BCUT2D eigenvalue weighted by Gasteiger charge is -2.08. The van der Waals surface area contributed by atoms with Gasteiger partial charge in [-0.2, -0.15) is 13.2 Å². The number of halogens is 3. The average molecular weight is 269 g/mol. The summed E-state index contributed by atoms with van der Waals surface area (Å²) in [5.41, 5.74) is 5.99. The number of benzene rings is 1. The maximum atomic E-state index is 12.6. The third-order valence-corrected chi connectivity index (χ3v) is 2.39. The number of aromatic nitrogens is 2. The van der Waals surface area contributed by atoms with E-state index in [2.05, 4.69) is 9.97 Å². The molecule has 0 aliphatic rings. The van der Waals surface area contributed by atoms with Gasteiger partial charge in [-0.15, -0.1) is 0 Å². The van der Waals surface area contributed by atoms with Crippen LogP contribution in [0.2, 0.25) is 0 Å². The largest absolute Gasteiger partial charge is 0.497 e. The number of ether oxygens (including phenoxy) is 1. The van der Waals surface area contributed by atoms with Gasteiger partial charge in [0, 0.05) is 11.6 Å². The molecule has 0 fully saturated rings. The van der Waals surface area contributed by atoms with E-state index in [1.165, 1.54) is 13.2 Å². The number of hydrogen-bond acceptors (Lipinski definition) is 4. The Morgan fingerprint density at radius 3 is 2.26 bits per heavy atom. The van der Waals surface area contributed by atoms with Crippen LogP contribution in [0.3, 0.4) is 0 Å². The molecule has 0 atom stereocenters. The third kappa shape index (κ3) is 2.93. The van der Waals surface area contributed by atoms with Crippen molar-refractivity contribution >= 4 is 5.82 Å². The summed E-state index contributed by atoms with van der Waals surface area (Å²) in [7, 11) is 1.50. The first-order valence-electron chi connectivity index (χ1n) is 5.26. The summed E-state index contributed by atoms with van der Waals surface area (Å²) in [6, 6.07) is 7.74. The zero-order valence-corrected chi connectivity index (χ0v) is 9.90. The molecule has 0 radical (unpaired) electrons. The van der Waals surface area contributed by atoms with Crippen molar-refractivity contribution in [1.82, 2.24) is 9.97 Å². The van der Waals surface area contributed by atoms with Crippen molar-refractivity contribution in [2.24, 2.45) is 0 Å². The zero-order chi connectivity index (χ0) is 14.0. The molecule has 7 heteroatoms. The number of nitrogen functional groups attached to an aromatic ring is 1. The normalized spacial score (nSPS) is 11.4. The summed E-state index contributed by atoms with van der Waals surface area (Å²) in [5, 5.41) is 0. The van der Waals surface area contributed by atoms with E-state index < -0.39 is 12.0 Å². The van der Waals surface area contributed by atoms with Gasteiger partial charge in [-0.3, -0.25) is 0 Å². The van der Waals surface area contributed by atoms with Gasteiger partial charge >= 0.3 is 6.18 Å². The van der Waals surface area contributed by atoms with Crippen molar-refractivity contribution in [2.45, 2.75) is 6.18 Å². The molecule has 0 amide bonds. The molecule has 2 rings (SSSR count). The molecule has 2 aromatic rings. The van der Waals surface area contributed by atoms with Crippen molar-refractivity contribution in [1.29, 1.82) is 0 Å². The van der Waals surface area contributed by atoms with Crippen molar-refractivity contribution in [3.63, 3.8) is 0 Å². The maximum absolute atomic E-state index is 12.6. The first-order valence-corrected chi connectivity index (χ1v) is 5.26. The lowest BCUT2D eigenvalue weighted by atomic mass is 10.1. The maximum Gasteiger partial charge on any atom is 0.451 e. The molecule has 2 N–H and O–H groups in total. The van der Waals surface area contributed by atoms with E-state index in [0.29, 0.717) is 11.3 Å². The molecule has 1 aromatic heterocycles. The van der Waals surface area contributed by atoms with Crippen LogP contribution in [0.4, 0.5) is 19.0 Å². The molecule has 0 spiro atoms. The summed E-state index contributed by atoms with van der Waals surface area (Å²) in [6.45, 7) is 0. The quantitative estimate of drug-likeness (QED) is 0.910. The SMILES string of the molecule is COc1ccc(-c2cc(N)nc(C(F)(F)F)n2)cc1. The summed E-state index contributed by atoms with van der Waals surface area (Å²) < 4.78 is 42.7. The van der Waals surface area contributed by atoms with E-state index in [0.717, 1.165) is 0 Å². The Balaban J connectivity index is 2.46. The van der Waals surface area contributed by atoms with Gasteiger partial charge in [-0.25, -0.2) is 9.97 Å². The fourth-order valence-corrected chi connectivity index (χ4v) is 1.50. The molecule has 100 valence electrons. The molecule has 0 aliphatic carbocycles. The van der Waals surface area contributed by atoms with E-state index in [1.807, 2.05) is 0 Å². The molecule has 4 nitrogen and oxygen atoms in total. The van der Waals surface area contributed by atoms with Crippen LogP contribution in [-0.2, 0) is 6.18 Å². The van der Waals surface area contributed by atoms with Crippen molar-refractivity contribution in [3.05, 3.63) is 36.2 Å². The van der Waals surface area contributed by atoms with Crippen LogP contribution in [0.25, 0.3) is 11.3 Å². The fraction of sp³-hybridized carbons (Fsp3) is 0.167. The Hall–Kier alpha value is -2.31.